The van der Waals surface area contributed by atoms with E-state index in [0.717, 1.165) is 5.56 Å². The van der Waals surface area contributed by atoms with E-state index in [4.69, 9.17) is 0 Å². The van der Waals surface area contributed by atoms with Crippen molar-refractivity contribution in [3.8, 4) is 0 Å². The Kier molecular flexibility index (Phi) is 5.17. The second kappa shape index (κ2) is 6.77. The predicted molar refractivity (Wildman–Crippen MR) is 81.7 cm³/mol. The number of aryl methyl sites for hydroxylation is 1. The molecule has 2 rings (SSSR count). The van der Waals surface area contributed by atoms with Gasteiger partial charge in [0.25, 0.3) is 0 Å². The molecule has 0 aliphatic heterocycles. The molecule has 0 spiro atoms. The van der Waals surface area contributed by atoms with Crippen LogP contribution in [0.25, 0.3) is 0 Å². The van der Waals surface area contributed by atoms with E-state index in [0.29, 0.717) is 17.6 Å². The number of allylic oxidation sites excluding steroid dienone is 3. The monoisotopic (exact) mass is 328 g/mol. The highest BCUT2D eigenvalue weighted by molar-refractivity contribution is 5.36. The van der Waals surface area contributed by atoms with Gasteiger partial charge in [-0.25, -0.2) is 4.39 Å². The van der Waals surface area contributed by atoms with Crippen LogP contribution >= 0.6 is 0 Å². The van der Waals surface area contributed by atoms with Crippen LogP contribution in [-0.4, -0.2) is 11.3 Å². The Labute approximate surface area is 133 Å². The molecule has 0 amide bonds. The molecule has 0 saturated carbocycles. The minimum absolute atomic E-state index is 0.00259. The van der Waals surface area contributed by atoms with E-state index in [1.165, 1.54) is 19.1 Å². The lowest BCUT2D eigenvalue weighted by Crippen LogP contribution is -2.15. The standard InChI is InChI=1S/C18H20F4O/c1-11-3-5-15(16(19)8-11)13-4-6-17(23)14(9-13)7-12(2)10-18(20,21)22/h3-6,8,12-13,23H,7,9-10H2,1-2H3. The van der Waals surface area contributed by atoms with E-state index >= 15 is 0 Å². The molecule has 1 nitrogen and oxygen atoms in total. The zero-order valence-electron chi connectivity index (χ0n) is 13.1. The zero-order valence-corrected chi connectivity index (χ0v) is 13.1. The maximum atomic E-state index is 14.1. The summed E-state index contributed by atoms with van der Waals surface area (Å²) in [6.07, 6.45) is -1.46. The first-order valence-electron chi connectivity index (χ1n) is 7.57. The fourth-order valence-corrected chi connectivity index (χ4v) is 2.99. The molecule has 2 unspecified atom stereocenters. The van der Waals surface area contributed by atoms with Crippen molar-refractivity contribution < 1.29 is 22.7 Å². The van der Waals surface area contributed by atoms with Crippen LogP contribution in [0, 0.1) is 18.7 Å². The van der Waals surface area contributed by atoms with E-state index in [-0.39, 0.29) is 23.9 Å². The van der Waals surface area contributed by atoms with Crippen molar-refractivity contribution in [3.05, 3.63) is 58.6 Å². The Balaban J connectivity index is 2.12. The summed E-state index contributed by atoms with van der Waals surface area (Å²) in [5.41, 5.74) is 1.86. The van der Waals surface area contributed by atoms with Crippen molar-refractivity contribution in [2.24, 2.45) is 5.92 Å². The van der Waals surface area contributed by atoms with Crippen molar-refractivity contribution in [3.63, 3.8) is 0 Å². The lowest BCUT2D eigenvalue weighted by atomic mass is 9.83. The molecule has 1 aromatic rings. The third kappa shape index (κ3) is 4.85. The van der Waals surface area contributed by atoms with Gasteiger partial charge < -0.3 is 5.11 Å². The molecule has 2 atom stereocenters. The van der Waals surface area contributed by atoms with Gasteiger partial charge in [0, 0.05) is 12.3 Å². The lowest BCUT2D eigenvalue weighted by molar-refractivity contribution is -0.143. The molecular weight excluding hydrogens is 308 g/mol. The quantitative estimate of drug-likeness (QED) is 0.675. The molecule has 0 saturated heterocycles. The zero-order chi connectivity index (χ0) is 17.2. The van der Waals surface area contributed by atoms with Gasteiger partial charge in [-0.15, -0.1) is 0 Å². The molecule has 23 heavy (non-hydrogen) atoms. The largest absolute Gasteiger partial charge is 0.508 e. The third-order valence-corrected chi connectivity index (χ3v) is 4.05. The minimum Gasteiger partial charge on any atom is -0.508 e. The molecule has 1 aliphatic carbocycles. The summed E-state index contributed by atoms with van der Waals surface area (Å²) in [5.74, 6) is -1.21. The Bertz CT molecular complexity index is 628. The van der Waals surface area contributed by atoms with Crippen LogP contribution in [0.1, 0.15) is 43.2 Å². The molecule has 0 radical (unpaired) electrons. The van der Waals surface area contributed by atoms with Crippen LogP contribution in [-0.2, 0) is 0 Å². The second-order valence-electron chi connectivity index (χ2n) is 6.31. The van der Waals surface area contributed by atoms with Crippen molar-refractivity contribution in [1.82, 2.24) is 0 Å². The average molecular weight is 328 g/mol. The number of aliphatic hydroxyl groups excluding tert-OH is 1. The number of aliphatic hydroxyl groups is 1. The van der Waals surface area contributed by atoms with E-state index in [2.05, 4.69) is 0 Å². The van der Waals surface area contributed by atoms with Gasteiger partial charge in [-0.05, 0) is 54.5 Å². The molecule has 0 aromatic heterocycles. The van der Waals surface area contributed by atoms with Gasteiger partial charge in [0.2, 0.25) is 0 Å². The van der Waals surface area contributed by atoms with Gasteiger partial charge in [0.15, 0.2) is 0 Å². The van der Waals surface area contributed by atoms with Crippen LogP contribution in [0.2, 0.25) is 0 Å². The number of benzene rings is 1. The summed E-state index contributed by atoms with van der Waals surface area (Å²) in [4.78, 5) is 0. The van der Waals surface area contributed by atoms with Gasteiger partial charge in [-0.3, -0.25) is 0 Å². The highest BCUT2D eigenvalue weighted by Crippen LogP contribution is 2.37. The fourth-order valence-electron chi connectivity index (χ4n) is 2.99. The molecule has 0 bridgehead atoms. The van der Waals surface area contributed by atoms with Gasteiger partial charge >= 0.3 is 6.18 Å². The van der Waals surface area contributed by atoms with Crippen LogP contribution in [0.3, 0.4) is 0 Å². The fraction of sp³-hybridized carbons (Fsp3) is 0.444. The number of halogens is 4. The summed E-state index contributed by atoms with van der Waals surface area (Å²) >= 11 is 0. The Morgan fingerprint density at radius 3 is 2.61 bits per heavy atom. The summed E-state index contributed by atoms with van der Waals surface area (Å²) < 4.78 is 51.4. The molecule has 0 fully saturated rings. The SMILES string of the molecule is Cc1ccc(C2C=CC(O)=C(CC(C)CC(F)(F)F)C2)c(F)c1. The first-order chi connectivity index (χ1) is 10.7. The van der Waals surface area contributed by atoms with Gasteiger partial charge in [-0.1, -0.05) is 25.1 Å². The Morgan fingerprint density at radius 1 is 1.30 bits per heavy atom. The van der Waals surface area contributed by atoms with Crippen molar-refractivity contribution in [1.29, 1.82) is 0 Å². The topological polar surface area (TPSA) is 20.2 Å². The maximum absolute atomic E-state index is 14.1. The first kappa shape index (κ1) is 17.6. The molecular formula is C18H20F4O. The average Bonchev–Trinajstić information content (AvgIpc) is 2.39. The number of hydrogen-bond acceptors (Lipinski definition) is 1. The minimum atomic E-state index is -4.22. The molecule has 126 valence electrons. The summed E-state index contributed by atoms with van der Waals surface area (Å²) in [6.45, 7) is 3.30. The number of hydrogen-bond donors (Lipinski definition) is 1. The van der Waals surface area contributed by atoms with Crippen molar-refractivity contribution >= 4 is 0 Å². The molecule has 1 N–H and O–H groups in total. The van der Waals surface area contributed by atoms with Crippen LogP contribution in [0.5, 0.6) is 0 Å². The Morgan fingerprint density at radius 2 is 2.00 bits per heavy atom. The molecule has 5 heteroatoms. The molecule has 1 aliphatic rings. The smallest absolute Gasteiger partial charge is 0.389 e. The molecule has 0 heterocycles. The van der Waals surface area contributed by atoms with Crippen LogP contribution in [0.4, 0.5) is 17.6 Å². The van der Waals surface area contributed by atoms with E-state index in [1.807, 2.05) is 0 Å². The van der Waals surface area contributed by atoms with E-state index in [9.17, 15) is 22.7 Å². The van der Waals surface area contributed by atoms with Gasteiger partial charge in [-0.2, -0.15) is 13.2 Å². The number of rotatable bonds is 4. The van der Waals surface area contributed by atoms with Gasteiger partial charge in [0.05, 0.1) is 0 Å². The second-order valence-corrected chi connectivity index (χ2v) is 6.31. The highest BCUT2D eigenvalue weighted by atomic mass is 19.4. The normalized spacial score (nSPS) is 20.0. The van der Waals surface area contributed by atoms with Crippen LogP contribution < -0.4 is 0 Å². The van der Waals surface area contributed by atoms with Crippen molar-refractivity contribution in [2.45, 2.75) is 45.2 Å². The van der Waals surface area contributed by atoms with E-state index in [1.54, 1.807) is 25.1 Å². The predicted octanol–water partition coefficient (Wildman–Crippen LogP) is 5.97. The summed E-state index contributed by atoms with van der Waals surface area (Å²) in [5, 5.41) is 9.91. The van der Waals surface area contributed by atoms with Crippen molar-refractivity contribution in [2.75, 3.05) is 0 Å². The lowest BCUT2D eigenvalue weighted by Gasteiger charge is -2.23. The Hall–Kier alpha value is -1.78. The number of alkyl halides is 3. The summed E-state index contributed by atoms with van der Waals surface area (Å²) in [7, 11) is 0. The molecule has 1 aromatic carbocycles. The summed E-state index contributed by atoms with van der Waals surface area (Å²) in [6, 6.07) is 4.93. The highest BCUT2D eigenvalue weighted by Gasteiger charge is 2.31. The van der Waals surface area contributed by atoms with E-state index < -0.39 is 18.5 Å². The third-order valence-electron chi connectivity index (χ3n) is 4.05. The first-order valence-corrected chi connectivity index (χ1v) is 7.57. The maximum Gasteiger partial charge on any atom is 0.389 e. The van der Waals surface area contributed by atoms with Gasteiger partial charge in [0.1, 0.15) is 11.6 Å². The van der Waals surface area contributed by atoms with Crippen LogP contribution in [0.15, 0.2) is 41.7 Å².